The maximum absolute atomic E-state index is 4.96. The van der Waals surface area contributed by atoms with E-state index in [1.165, 1.54) is 10.4 Å². The van der Waals surface area contributed by atoms with Crippen LogP contribution < -0.4 is 0 Å². The fraction of sp³-hybridized carbons (Fsp3) is 0.250. The molecule has 0 aliphatic carbocycles. The van der Waals surface area contributed by atoms with Crippen molar-refractivity contribution in [1.82, 2.24) is 0 Å². The van der Waals surface area contributed by atoms with Crippen LogP contribution in [0, 0.1) is 0 Å². The van der Waals surface area contributed by atoms with Crippen molar-refractivity contribution < 1.29 is 4.74 Å². The Morgan fingerprint density at radius 3 is 3.10 bits per heavy atom. The number of thiophene rings is 1. The molecule has 0 N–H and O–H groups in total. The fourth-order valence-electron chi connectivity index (χ4n) is 0.744. The average molecular weight is 154 g/mol. The molecule has 0 radical (unpaired) electrons. The first-order valence-corrected chi connectivity index (χ1v) is 3.93. The maximum Gasteiger partial charge on any atom is 0.0721 e. The number of hydrogen-bond donors (Lipinski definition) is 0. The zero-order chi connectivity index (χ0) is 7.40. The second-order valence-corrected chi connectivity index (χ2v) is 2.94. The molecule has 1 heterocycles. The number of ether oxygens (including phenoxy) is 1. The van der Waals surface area contributed by atoms with Crippen LogP contribution in [0.4, 0.5) is 0 Å². The van der Waals surface area contributed by atoms with Gasteiger partial charge in [0.25, 0.3) is 0 Å². The molecule has 1 rings (SSSR count). The van der Waals surface area contributed by atoms with E-state index in [9.17, 15) is 0 Å². The highest BCUT2D eigenvalue weighted by molar-refractivity contribution is 7.11. The SMILES string of the molecule is C=Cc1cc(COC)cs1. The average Bonchev–Trinajstić information content (AvgIpc) is 2.37. The molecule has 54 valence electrons. The summed E-state index contributed by atoms with van der Waals surface area (Å²) in [6.07, 6.45) is 1.85. The second kappa shape index (κ2) is 3.54. The van der Waals surface area contributed by atoms with Crippen LogP contribution in [0.5, 0.6) is 0 Å². The third-order valence-corrected chi connectivity index (χ3v) is 2.16. The summed E-state index contributed by atoms with van der Waals surface area (Å²) in [7, 11) is 1.70. The molecule has 1 aromatic heterocycles. The van der Waals surface area contributed by atoms with E-state index < -0.39 is 0 Å². The maximum atomic E-state index is 4.96. The molecule has 0 bridgehead atoms. The highest BCUT2D eigenvalue weighted by atomic mass is 32.1. The Morgan fingerprint density at radius 2 is 2.60 bits per heavy atom. The lowest BCUT2D eigenvalue weighted by molar-refractivity contribution is 0.185. The first-order chi connectivity index (χ1) is 4.86. The van der Waals surface area contributed by atoms with Crippen LogP contribution >= 0.6 is 11.3 Å². The van der Waals surface area contributed by atoms with Gasteiger partial charge in [0.1, 0.15) is 0 Å². The van der Waals surface area contributed by atoms with E-state index in [2.05, 4.69) is 18.0 Å². The largest absolute Gasteiger partial charge is 0.380 e. The Labute approximate surface area is 65.0 Å². The fourth-order valence-corrected chi connectivity index (χ4v) is 1.48. The summed E-state index contributed by atoms with van der Waals surface area (Å²) >= 11 is 1.69. The van der Waals surface area contributed by atoms with E-state index in [0.717, 1.165) is 0 Å². The van der Waals surface area contributed by atoms with E-state index in [4.69, 9.17) is 4.74 Å². The van der Waals surface area contributed by atoms with Gasteiger partial charge in [-0.3, -0.25) is 0 Å². The molecule has 0 saturated heterocycles. The Hall–Kier alpha value is -0.600. The van der Waals surface area contributed by atoms with Crippen molar-refractivity contribution in [1.29, 1.82) is 0 Å². The smallest absolute Gasteiger partial charge is 0.0721 e. The molecule has 0 aliphatic heterocycles. The Kier molecular flexibility index (Phi) is 2.66. The van der Waals surface area contributed by atoms with Crippen LogP contribution in [-0.2, 0) is 11.3 Å². The summed E-state index contributed by atoms with van der Waals surface area (Å²) < 4.78 is 4.96. The van der Waals surface area contributed by atoms with Crippen LogP contribution in [0.2, 0.25) is 0 Å². The van der Waals surface area contributed by atoms with Crippen LogP contribution in [-0.4, -0.2) is 7.11 Å². The van der Waals surface area contributed by atoms with Crippen LogP contribution in [0.3, 0.4) is 0 Å². The van der Waals surface area contributed by atoms with Crippen LogP contribution in [0.15, 0.2) is 18.0 Å². The van der Waals surface area contributed by atoms with Crippen molar-refractivity contribution in [3.63, 3.8) is 0 Å². The number of methoxy groups -OCH3 is 1. The summed E-state index contributed by atoms with van der Waals surface area (Å²) in [5.41, 5.74) is 1.22. The minimum absolute atomic E-state index is 0.699. The zero-order valence-electron chi connectivity index (χ0n) is 5.96. The van der Waals surface area contributed by atoms with E-state index >= 15 is 0 Å². The van der Waals surface area contributed by atoms with Crippen molar-refractivity contribution in [2.75, 3.05) is 7.11 Å². The molecule has 1 nitrogen and oxygen atoms in total. The van der Waals surface area contributed by atoms with Gasteiger partial charge in [0, 0.05) is 12.0 Å². The Morgan fingerprint density at radius 1 is 1.80 bits per heavy atom. The normalized spacial score (nSPS) is 9.70. The molecule has 10 heavy (non-hydrogen) atoms. The number of hydrogen-bond acceptors (Lipinski definition) is 2. The van der Waals surface area contributed by atoms with Gasteiger partial charge in [0.2, 0.25) is 0 Å². The molecule has 2 heteroatoms. The molecule has 0 saturated carbocycles. The van der Waals surface area contributed by atoms with Gasteiger partial charge in [0.05, 0.1) is 6.61 Å². The van der Waals surface area contributed by atoms with E-state index in [0.29, 0.717) is 6.61 Å². The summed E-state index contributed by atoms with van der Waals surface area (Å²) in [4.78, 5) is 1.20. The highest BCUT2D eigenvalue weighted by Crippen LogP contribution is 2.15. The van der Waals surface area contributed by atoms with Crippen LogP contribution in [0.25, 0.3) is 6.08 Å². The Balaban J connectivity index is 2.68. The summed E-state index contributed by atoms with van der Waals surface area (Å²) in [5.74, 6) is 0. The first-order valence-electron chi connectivity index (χ1n) is 3.05. The van der Waals surface area contributed by atoms with Crippen molar-refractivity contribution in [3.8, 4) is 0 Å². The summed E-state index contributed by atoms with van der Waals surface area (Å²) in [6.45, 7) is 4.37. The third kappa shape index (κ3) is 1.69. The van der Waals surface area contributed by atoms with Gasteiger partial charge in [-0.2, -0.15) is 0 Å². The molecule has 0 amide bonds. The molecule has 0 atom stereocenters. The summed E-state index contributed by atoms with van der Waals surface area (Å²) in [5, 5.41) is 2.08. The quantitative estimate of drug-likeness (QED) is 0.650. The zero-order valence-corrected chi connectivity index (χ0v) is 6.78. The van der Waals surface area contributed by atoms with Gasteiger partial charge in [-0.1, -0.05) is 12.7 Å². The van der Waals surface area contributed by atoms with Gasteiger partial charge in [0.15, 0.2) is 0 Å². The van der Waals surface area contributed by atoms with Gasteiger partial charge in [-0.15, -0.1) is 11.3 Å². The van der Waals surface area contributed by atoms with Crippen LogP contribution in [0.1, 0.15) is 10.4 Å². The molecule has 1 aromatic rings. The lowest BCUT2D eigenvalue weighted by Gasteiger charge is -1.90. The Bertz CT molecular complexity index is 215. The summed E-state index contributed by atoms with van der Waals surface area (Å²) in [6, 6.07) is 2.08. The molecule has 0 spiro atoms. The molecule has 0 fully saturated rings. The monoisotopic (exact) mass is 154 g/mol. The number of rotatable bonds is 3. The topological polar surface area (TPSA) is 9.23 Å². The van der Waals surface area contributed by atoms with Crippen molar-refractivity contribution in [2.45, 2.75) is 6.61 Å². The minimum Gasteiger partial charge on any atom is -0.380 e. The van der Waals surface area contributed by atoms with Gasteiger partial charge in [-0.25, -0.2) is 0 Å². The predicted molar refractivity (Wildman–Crippen MR) is 45.1 cm³/mol. The van der Waals surface area contributed by atoms with Gasteiger partial charge >= 0.3 is 0 Å². The lowest BCUT2D eigenvalue weighted by atomic mass is 10.3. The molecular formula is C8H10OS. The van der Waals surface area contributed by atoms with Crippen molar-refractivity contribution in [3.05, 3.63) is 28.5 Å². The molecule has 0 unspecified atom stereocenters. The van der Waals surface area contributed by atoms with Crippen molar-refractivity contribution >= 4 is 17.4 Å². The lowest BCUT2D eigenvalue weighted by Crippen LogP contribution is -1.81. The third-order valence-electron chi connectivity index (χ3n) is 1.19. The predicted octanol–water partition coefficient (Wildman–Crippen LogP) is 2.54. The molecule has 0 aromatic carbocycles. The highest BCUT2D eigenvalue weighted by Gasteiger charge is 1.94. The van der Waals surface area contributed by atoms with Gasteiger partial charge in [-0.05, 0) is 17.0 Å². The van der Waals surface area contributed by atoms with Gasteiger partial charge < -0.3 is 4.74 Å². The van der Waals surface area contributed by atoms with E-state index in [1.807, 2.05) is 6.08 Å². The molecule has 0 aliphatic rings. The first kappa shape index (κ1) is 7.51. The van der Waals surface area contributed by atoms with E-state index in [-0.39, 0.29) is 0 Å². The second-order valence-electron chi connectivity index (χ2n) is 1.99. The minimum atomic E-state index is 0.699. The van der Waals surface area contributed by atoms with Crippen molar-refractivity contribution in [2.24, 2.45) is 0 Å². The van der Waals surface area contributed by atoms with E-state index in [1.54, 1.807) is 18.4 Å². The standard InChI is InChI=1S/C8H10OS/c1-3-8-4-7(5-9-2)6-10-8/h3-4,6H,1,5H2,2H3. The molecular weight excluding hydrogens is 144 g/mol.